The fourth-order valence-corrected chi connectivity index (χ4v) is 3.32. The lowest BCUT2D eigenvalue weighted by atomic mass is 10.00. The van der Waals surface area contributed by atoms with Crippen LogP contribution in [0.1, 0.15) is 36.9 Å². The molecule has 0 aliphatic carbocycles. The molecule has 0 saturated heterocycles. The Hall–Kier alpha value is -0.840. The third-order valence-electron chi connectivity index (χ3n) is 2.83. The smallest absolute Gasteiger partial charge is 0.149 e. The van der Waals surface area contributed by atoms with Gasteiger partial charge in [0.1, 0.15) is 4.34 Å². The summed E-state index contributed by atoms with van der Waals surface area (Å²) in [5.74, 6) is 1.44. The molecule has 2 rings (SSSR count). The van der Waals surface area contributed by atoms with Crippen LogP contribution in [0.3, 0.4) is 0 Å². The van der Waals surface area contributed by atoms with Crippen LogP contribution in [0.25, 0.3) is 0 Å². The molecule has 0 bridgehead atoms. The lowest BCUT2D eigenvalue weighted by Gasteiger charge is -2.12. The molecule has 1 heterocycles. The SMILES string of the molecule is CC(C)c1ccc(C(N)CSc2nccs2)cc1. The normalized spacial score (nSPS) is 12.9. The number of hydrogen-bond acceptors (Lipinski definition) is 4. The first-order valence-electron chi connectivity index (χ1n) is 6.04. The Morgan fingerprint density at radius 1 is 1.22 bits per heavy atom. The third kappa shape index (κ3) is 3.57. The van der Waals surface area contributed by atoms with E-state index in [2.05, 4.69) is 43.1 Å². The largest absolute Gasteiger partial charge is 0.323 e. The van der Waals surface area contributed by atoms with Gasteiger partial charge >= 0.3 is 0 Å². The second kappa shape index (κ2) is 6.36. The van der Waals surface area contributed by atoms with Crippen molar-refractivity contribution < 1.29 is 0 Å². The summed E-state index contributed by atoms with van der Waals surface area (Å²) in [7, 11) is 0. The summed E-state index contributed by atoms with van der Waals surface area (Å²) in [4.78, 5) is 4.25. The minimum Gasteiger partial charge on any atom is -0.323 e. The highest BCUT2D eigenvalue weighted by Gasteiger charge is 2.08. The molecule has 1 atom stereocenters. The molecular weight excluding hydrogens is 260 g/mol. The van der Waals surface area contributed by atoms with Crippen LogP contribution in [-0.4, -0.2) is 10.7 Å². The molecule has 0 amide bonds. The van der Waals surface area contributed by atoms with E-state index < -0.39 is 0 Å². The second-order valence-electron chi connectivity index (χ2n) is 4.54. The zero-order valence-corrected chi connectivity index (χ0v) is 12.3. The number of aromatic nitrogens is 1. The summed E-state index contributed by atoms with van der Waals surface area (Å²) in [6, 6.07) is 8.70. The zero-order valence-electron chi connectivity index (χ0n) is 10.7. The Kier molecular flexibility index (Phi) is 4.80. The van der Waals surface area contributed by atoms with Crippen molar-refractivity contribution >= 4 is 23.1 Å². The van der Waals surface area contributed by atoms with E-state index in [-0.39, 0.29) is 6.04 Å². The fraction of sp³-hybridized carbons (Fsp3) is 0.357. The van der Waals surface area contributed by atoms with Crippen LogP contribution in [0.5, 0.6) is 0 Å². The third-order valence-corrected chi connectivity index (χ3v) is 4.91. The number of thioether (sulfide) groups is 1. The molecule has 0 aliphatic heterocycles. The standard InChI is InChI=1S/C14H18N2S2/c1-10(2)11-3-5-12(6-4-11)13(15)9-18-14-16-7-8-17-14/h3-8,10,13H,9,15H2,1-2H3. The minimum atomic E-state index is 0.0695. The van der Waals surface area contributed by atoms with Gasteiger partial charge in [0, 0.05) is 23.4 Å². The monoisotopic (exact) mass is 278 g/mol. The van der Waals surface area contributed by atoms with Crippen LogP contribution in [0, 0.1) is 0 Å². The van der Waals surface area contributed by atoms with Gasteiger partial charge in [-0.25, -0.2) is 4.98 Å². The van der Waals surface area contributed by atoms with E-state index in [1.54, 1.807) is 23.1 Å². The van der Waals surface area contributed by atoms with E-state index in [1.165, 1.54) is 11.1 Å². The number of rotatable bonds is 5. The van der Waals surface area contributed by atoms with Gasteiger partial charge in [0.25, 0.3) is 0 Å². The molecule has 0 fully saturated rings. The lowest BCUT2D eigenvalue weighted by Crippen LogP contribution is -2.12. The van der Waals surface area contributed by atoms with Crippen molar-refractivity contribution in [3.05, 3.63) is 47.0 Å². The van der Waals surface area contributed by atoms with Crippen molar-refractivity contribution in [3.63, 3.8) is 0 Å². The Morgan fingerprint density at radius 3 is 2.44 bits per heavy atom. The summed E-state index contributed by atoms with van der Waals surface area (Å²) >= 11 is 3.39. The molecule has 4 heteroatoms. The fourth-order valence-electron chi connectivity index (χ4n) is 1.67. The van der Waals surface area contributed by atoms with E-state index in [0.29, 0.717) is 5.92 Å². The molecule has 0 spiro atoms. The predicted octanol–water partition coefficient (Wildman–Crippen LogP) is 4.06. The highest BCUT2D eigenvalue weighted by atomic mass is 32.2. The number of nitrogens with two attached hydrogens (primary N) is 1. The first-order chi connectivity index (χ1) is 8.66. The van der Waals surface area contributed by atoms with Crippen molar-refractivity contribution in [1.82, 2.24) is 4.98 Å². The van der Waals surface area contributed by atoms with Crippen LogP contribution in [0.2, 0.25) is 0 Å². The highest BCUT2D eigenvalue weighted by molar-refractivity contribution is 8.01. The average molecular weight is 278 g/mol. The van der Waals surface area contributed by atoms with Gasteiger partial charge in [-0.05, 0) is 17.0 Å². The molecule has 0 saturated carbocycles. The van der Waals surface area contributed by atoms with Crippen molar-refractivity contribution in [2.75, 3.05) is 5.75 Å². The molecule has 1 unspecified atom stereocenters. The van der Waals surface area contributed by atoms with Crippen LogP contribution in [0.15, 0.2) is 40.2 Å². The van der Waals surface area contributed by atoms with Crippen molar-refractivity contribution in [2.24, 2.45) is 5.73 Å². The molecular formula is C14H18N2S2. The molecule has 0 aliphatic rings. The molecule has 2 aromatic rings. The van der Waals surface area contributed by atoms with Crippen LogP contribution < -0.4 is 5.73 Å². The van der Waals surface area contributed by atoms with E-state index in [1.807, 2.05) is 11.6 Å². The van der Waals surface area contributed by atoms with E-state index in [9.17, 15) is 0 Å². The second-order valence-corrected chi connectivity index (χ2v) is 6.70. The Morgan fingerprint density at radius 2 is 1.89 bits per heavy atom. The van der Waals surface area contributed by atoms with Gasteiger partial charge in [0.2, 0.25) is 0 Å². The maximum atomic E-state index is 6.19. The van der Waals surface area contributed by atoms with Crippen LogP contribution in [-0.2, 0) is 0 Å². The number of thiazole rings is 1. The molecule has 1 aromatic heterocycles. The minimum absolute atomic E-state index is 0.0695. The molecule has 0 radical (unpaired) electrons. The summed E-state index contributed by atoms with van der Waals surface area (Å²) in [5, 5.41) is 1.99. The van der Waals surface area contributed by atoms with Gasteiger partial charge < -0.3 is 5.73 Å². The summed E-state index contributed by atoms with van der Waals surface area (Å²) in [6.45, 7) is 4.40. The van der Waals surface area contributed by atoms with Crippen molar-refractivity contribution in [3.8, 4) is 0 Å². The number of benzene rings is 1. The van der Waals surface area contributed by atoms with E-state index in [0.717, 1.165) is 10.1 Å². The van der Waals surface area contributed by atoms with Gasteiger partial charge in [-0.3, -0.25) is 0 Å². The molecule has 96 valence electrons. The first kappa shape index (κ1) is 13.6. The maximum Gasteiger partial charge on any atom is 0.149 e. The first-order valence-corrected chi connectivity index (χ1v) is 7.91. The van der Waals surface area contributed by atoms with Gasteiger partial charge in [-0.15, -0.1) is 11.3 Å². The van der Waals surface area contributed by atoms with Gasteiger partial charge in [0.05, 0.1) is 0 Å². The van der Waals surface area contributed by atoms with Gasteiger partial charge in [-0.1, -0.05) is 49.9 Å². The number of hydrogen-bond donors (Lipinski definition) is 1. The van der Waals surface area contributed by atoms with Crippen molar-refractivity contribution in [1.29, 1.82) is 0 Å². The Bertz CT molecular complexity index is 463. The van der Waals surface area contributed by atoms with E-state index >= 15 is 0 Å². The zero-order chi connectivity index (χ0) is 13.0. The van der Waals surface area contributed by atoms with Gasteiger partial charge in [-0.2, -0.15) is 0 Å². The van der Waals surface area contributed by atoms with Crippen LogP contribution in [0.4, 0.5) is 0 Å². The summed E-state index contributed by atoms with van der Waals surface area (Å²) in [6.07, 6.45) is 1.83. The quantitative estimate of drug-likeness (QED) is 0.838. The molecule has 18 heavy (non-hydrogen) atoms. The molecule has 1 aromatic carbocycles. The summed E-state index contributed by atoms with van der Waals surface area (Å²) in [5.41, 5.74) is 8.75. The molecule has 2 N–H and O–H groups in total. The average Bonchev–Trinajstić information content (AvgIpc) is 2.89. The Labute approximate surface area is 117 Å². The predicted molar refractivity (Wildman–Crippen MR) is 80.3 cm³/mol. The van der Waals surface area contributed by atoms with Gasteiger partial charge in [0.15, 0.2) is 0 Å². The lowest BCUT2D eigenvalue weighted by molar-refractivity contribution is 0.821. The Balaban J connectivity index is 1.94. The molecule has 2 nitrogen and oxygen atoms in total. The van der Waals surface area contributed by atoms with Crippen LogP contribution >= 0.6 is 23.1 Å². The van der Waals surface area contributed by atoms with E-state index in [4.69, 9.17) is 5.73 Å². The topological polar surface area (TPSA) is 38.9 Å². The summed E-state index contributed by atoms with van der Waals surface area (Å²) < 4.78 is 1.09. The van der Waals surface area contributed by atoms with Crippen molar-refractivity contribution in [2.45, 2.75) is 30.1 Å². The maximum absolute atomic E-state index is 6.19. The highest BCUT2D eigenvalue weighted by Crippen LogP contribution is 2.25. The number of nitrogens with zero attached hydrogens (tertiary/aromatic N) is 1.